The smallest absolute Gasteiger partial charge is 0.306 e. The molecule has 0 fully saturated rings. The maximum Gasteiger partial charge on any atom is 0.306 e. The maximum atomic E-state index is 12.8. The molecular weight excluding hydrogens is 805 g/mol. The number of ether oxygens (including phenoxy) is 3. The molecule has 0 aliphatic carbocycles. The van der Waals surface area contributed by atoms with Gasteiger partial charge in [-0.2, -0.15) is 0 Å². The van der Waals surface area contributed by atoms with Crippen molar-refractivity contribution in [2.45, 2.75) is 258 Å². The zero-order valence-corrected chi connectivity index (χ0v) is 42.5. The van der Waals surface area contributed by atoms with Crippen LogP contribution in [0.4, 0.5) is 0 Å². The third-order valence-electron chi connectivity index (χ3n) is 11.4. The number of unbranched alkanes of at least 4 members (excludes halogenated alkanes) is 24. The molecule has 1 unspecified atom stereocenters. The second-order valence-electron chi connectivity index (χ2n) is 17.8. The number of hydrogen-bond acceptors (Lipinski definition) is 6. The molecule has 0 radical (unpaired) electrons. The lowest BCUT2D eigenvalue weighted by Gasteiger charge is -2.18. The van der Waals surface area contributed by atoms with Crippen LogP contribution in [-0.2, 0) is 28.6 Å². The lowest BCUT2D eigenvalue weighted by Crippen LogP contribution is -2.30. The fraction of sp³-hybridized carbons (Fsp3) is 0.712. The van der Waals surface area contributed by atoms with E-state index in [1.807, 2.05) is 0 Å². The first-order valence-corrected chi connectivity index (χ1v) is 27.1. The van der Waals surface area contributed by atoms with E-state index in [0.717, 1.165) is 89.9 Å². The molecule has 0 aromatic heterocycles. The Morgan fingerprint density at radius 1 is 0.338 bits per heavy atom. The van der Waals surface area contributed by atoms with E-state index in [4.69, 9.17) is 14.2 Å². The van der Waals surface area contributed by atoms with Gasteiger partial charge in [0.2, 0.25) is 0 Å². The number of esters is 3. The van der Waals surface area contributed by atoms with E-state index in [-0.39, 0.29) is 37.5 Å². The summed E-state index contributed by atoms with van der Waals surface area (Å²) in [5.74, 6) is -0.992. The van der Waals surface area contributed by atoms with Gasteiger partial charge in [0.1, 0.15) is 13.2 Å². The van der Waals surface area contributed by atoms with Crippen molar-refractivity contribution in [3.63, 3.8) is 0 Å². The van der Waals surface area contributed by atoms with Crippen LogP contribution in [0.15, 0.2) is 85.1 Å². The summed E-state index contributed by atoms with van der Waals surface area (Å²) in [5, 5.41) is 0. The fourth-order valence-electron chi connectivity index (χ4n) is 7.34. The lowest BCUT2D eigenvalue weighted by molar-refractivity contribution is -0.167. The maximum absolute atomic E-state index is 12.8. The van der Waals surface area contributed by atoms with E-state index in [0.29, 0.717) is 19.3 Å². The average Bonchev–Trinajstić information content (AvgIpc) is 3.30. The first kappa shape index (κ1) is 61.6. The van der Waals surface area contributed by atoms with Gasteiger partial charge < -0.3 is 14.2 Å². The van der Waals surface area contributed by atoms with E-state index in [1.54, 1.807) is 0 Å². The Kier molecular flexibility index (Phi) is 50.4. The highest BCUT2D eigenvalue weighted by molar-refractivity contribution is 5.71. The Hall–Kier alpha value is -3.41. The van der Waals surface area contributed by atoms with E-state index in [2.05, 4.69) is 106 Å². The molecule has 0 aromatic rings. The van der Waals surface area contributed by atoms with Crippen molar-refractivity contribution < 1.29 is 28.6 Å². The summed E-state index contributed by atoms with van der Waals surface area (Å²) in [7, 11) is 0. The van der Waals surface area contributed by atoms with Gasteiger partial charge >= 0.3 is 17.9 Å². The summed E-state index contributed by atoms with van der Waals surface area (Å²) in [6, 6.07) is 0. The Balaban J connectivity index is 4.43. The standard InChI is InChI=1S/C59H100O6/c1-4-7-10-13-16-19-22-24-26-28-29-31-32-34-37-40-43-46-49-52-58(61)64-55-56(54-63-57(60)51-48-45-42-39-36-21-18-15-12-9-6-3)65-59(62)53-50-47-44-41-38-35-33-30-27-25-23-20-17-14-11-8-5-2/h8,11,15,17-18,20-21,25,27,33,35-36,41,44,56H,4-7,9-10,12-14,16,19,22-24,26,28-32,34,37-40,42-43,45-55H2,1-3H3/b11-8-,18-15-,20-17-,27-25-,35-33-,36-21-,44-41-. The van der Waals surface area contributed by atoms with Crippen LogP contribution >= 0.6 is 0 Å². The second kappa shape index (κ2) is 53.2. The van der Waals surface area contributed by atoms with Gasteiger partial charge in [0.15, 0.2) is 6.10 Å². The van der Waals surface area contributed by atoms with Gasteiger partial charge in [-0.1, -0.05) is 241 Å². The highest BCUT2D eigenvalue weighted by Crippen LogP contribution is 2.16. The minimum Gasteiger partial charge on any atom is -0.462 e. The van der Waals surface area contributed by atoms with E-state index < -0.39 is 6.10 Å². The van der Waals surface area contributed by atoms with Gasteiger partial charge in [-0.3, -0.25) is 14.4 Å². The summed E-state index contributed by atoms with van der Waals surface area (Å²) in [6.45, 7) is 6.41. The van der Waals surface area contributed by atoms with Crippen LogP contribution in [0.25, 0.3) is 0 Å². The van der Waals surface area contributed by atoms with Gasteiger partial charge in [0.05, 0.1) is 0 Å². The van der Waals surface area contributed by atoms with Crippen molar-refractivity contribution >= 4 is 17.9 Å². The van der Waals surface area contributed by atoms with Crippen LogP contribution in [-0.4, -0.2) is 37.2 Å². The molecule has 372 valence electrons. The predicted octanol–water partition coefficient (Wildman–Crippen LogP) is 18.0. The molecule has 6 nitrogen and oxygen atoms in total. The van der Waals surface area contributed by atoms with E-state index in [1.165, 1.54) is 116 Å². The number of carbonyl (C=O) groups excluding carboxylic acids is 3. The first-order chi connectivity index (χ1) is 32.0. The average molecular weight is 905 g/mol. The molecule has 0 N–H and O–H groups in total. The minimum atomic E-state index is -0.815. The highest BCUT2D eigenvalue weighted by Gasteiger charge is 2.19. The van der Waals surface area contributed by atoms with Crippen molar-refractivity contribution in [3.8, 4) is 0 Å². The molecule has 65 heavy (non-hydrogen) atoms. The van der Waals surface area contributed by atoms with Crippen molar-refractivity contribution in [1.82, 2.24) is 0 Å². The Morgan fingerprint density at radius 3 is 1.11 bits per heavy atom. The SMILES string of the molecule is CC/C=C\C/C=C\C/C=C\C/C=C\C/C=C\CCCC(=O)OC(COC(=O)CCCCC/C=C\C=C/CCCC)COC(=O)CCCCCCCCCCCCCCCCCCCCC. The Morgan fingerprint density at radius 2 is 0.677 bits per heavy atom. The highest BCUT2D eigenvalue weighted by atomic mass is 16.6. The zero-order valence-electron chi connectivity index (χ0n) is 42.5. The van der Waals surface area contributed by atoms with Crippen LogP contribution in [0.2, 0.25) is 0 Å². The largest absolute Gasteiger partial charge is 0.462 e. The number of hydrogen-bond donors (Lipinski definition) is 0. The van der Waals surface area contributed by atoms with Crippen LogP contribution in [0.3, 0.4) is 0 Å². The van der Waals surface area contributed by atoms with Crippen LogP contribution in [0.1, 0.15) is 252 Å². The van der Waals surface area contributed by atoms with Crippen LogP contribution < -0.4 is 0 Å². The summed E-state index contributed by atoms with van der Waals surface area (Å²) in [6.07, 6.45) is 68.7. The van der Waals surface area contributed by atoms with Gasteiger partial charge in [0, 0.05) is 19.3 Å². The molecular formula is C59H100O6. The van der Waals surface area contributed by atoms with E-state index in [9.17, 15) is 14.4 Å². The summed E-state index contributed by atoms with van der Waals surface area (Å²) in [4.78, 5) is 38.0. The Bertz CT molecular complexity index is 1270. The molecule has 0 rings (SSSR count). The molecule has 0 heterocycles. The number of allylic oxidation sites excluding steroid dienone is 14. The van der Waals surface area contributed by atoms with Gasteiger partial charge in [-0.25, -0.2) is 0 Å². The summed E-state index contributed by atoms with van der Waals surface area (Å²) >= 11 is 0. The molecule has 0 aromatic carbocycles. The normalized spacial score (nSPS) is 12.7. The number of rotatable bonds is 48. The molecule has 6 heteroatoms. The fourth-order valence-corrected chi connectivity index (χ4v) is 7.34. The predicted molar refractivity (Wildman–Crippen MR) is 279 cm³/mol. The second-order valence-corrected chi connectivity index (χ2v) is 17.8. The topological polar surface area (TPSA) is 78.9 Å². The van der Waals surface area contributed by atoms with Crippen LogP contribution in [0.5, 0.6) is 0 Å². The monoisotopic (exact) mass is 905 g/mol. The molecule has 0 spiro atoms. The zero-order chi connectivity index (χ0) is 47.2. The summed E-state index contributed by atoms with van der Waals surface area (Å²) in [5.41, 5.74) is 0. The molecule has 0 saturated heterocycles. The van der Waals surface area contributed by atoms with Crippen molar-refractivity contribution in [2.75, 3.05) is 13.2 Å². The molecule has 0 bridgehead atoms. The molecule has 0 amide bonds. The lowest BCUT2D eigenvalue weighted by atomic mass is 10.0. The van der Waals surface area contributed by atoms with Gasteiger partial charge in [-0.15, -0.1) is 0 Å². The van der Waals surface area contributed by atoms with Gasteiger partial charge in [0.25, 0.3) is 0 Å². The number of carbonyl (C=O) groups is 3. The van der Waals surface area contributed by atoms with Crippen molar-refractivity contribution in [3.05, 3.63) is 85.1 Å². The third kappa shape index (κ3) is 51.4. The molecule has 0 aliphatic heterocycles. The first-order valence-electron chi connectivity index (χ1n) is 27.1. The third-order valence-corrected chi connectivity index (χ3v) is 11.4. The minimum absolute atomic E-state index is 0.106. The molecule has 1 atom stereocenters. The van der Waals surface area contributed by atoms with Crippen molar-refractivity contribution in [2.24, 2.45) is 0 Å². The van der Waals surface area contributed by atoms with Gasteiger partial charge in [-0.05, 0) is 77.0 Å². The quantitative estimate of drug-likeness (QED) is 0.0199. The van der Waals surface area contributed by atoms with Crippen LogP contribution in [0, 0.1) is 0 Å². The summed E-state index contributed by atoms with van der Waals surface area (Å²) < 4.78 is 16.7. The van der Waals surface area contributed by atoms with Crippen molar-refractivity contribution in [1.29, 1.82) is 0 Å². The Labute approximate surface area is 401 Å². The van der Waals surface area contributed by atoms with E-state index >= 15 is 0 Å². The molecule has 0 aliphatic rings. The molecule has 0 saturated carbocycles.